The highest BCUT2D eigenvalue weighted by atomic mass is 16.2. The number of nitrogens with zero attached hydrogens (tertiary/aromatic N) is 5. The third-order valence-corrected chi connectivity index (χ3v) is 2.29. The lowest BCUT2D eigenvalue weighted by molar-refractivity contribution is 0.596. The summed E-state index contributed by atoms with van der Waals surface area (Å²) in [4.78, 5) is 31.0. The van der Waals surface area contributed by atoms with Gasteiger partial charge in [0.25, 0.3) is 5.56 Å². The van der Waals surface area contributed by atoms with Crippen molar-refractivity contribution >= 4 is 0 Å². The van der Waals surface area contributed by atoms with Crippen molar-refractivity contribution < 1.29 is 0 Å². The second-order valence-electron chi connectivity index (χ2n) is 3.41. The quantitative estimate of drug-likeness (QED) is 0.627. The minimum atomic E-state index is -0.591. The Morgan fingerprint density at radius 1 is 1.25 bits per heavy atom. The number of hydrogen-bond donors (Lipinski definition) is 0. The number of fused-ring (bicyclic) bond motifs is 1. The summed E-state index contributed by atoms with van der Waals surface area (Å²) in [5, 5.41) is 4.09. The summed E-state index contributed by atoms with van der Waals surface area (Å²) in [7, 11) is 1.38. The van der Waals surface area contributed by atoms with Gasteiger partial charge in [-0.1, -0.05) is 0 Å². The van der Waals surface area contributed by atoms with Crippen LogP contribution in [0.5, 0.6) is 0 Å². The van der Waals surface area contributed by atoms with E-state index in [-0.39, 0.29) is 11.5 Å². The van der Waals surface area contributed by atoms with Crippen LogP contribution < -0.4 is 11.2 Å². The molecule has 0 aromatic heterocycles. The van der Waals surface area contributed by atoms with Gasteiger partial charge >= 0.3 is 5.69 Å². The fourth-order valence-electron chi connectivity index (χ4n) is 1.46. The lowest BCUT2D eigenvalue weighted by Gasteiger charge is -2.11. The fraction of sp³-hybridized carbons (Fsp3) is 0.444. The van der Waals surface area contributed by atoms with Gasteiger partial charge in [0.15, 0.2) is 11.5 Å². The Hall–Kier alpha value is -2.05. The van der Waals surface area contributed by atoms with Crippen LogP contribution in [0.1, 0.15) is 12.7 Å². The molecule has 2 aliphatic heterocycles. The average Bonchev–Trinajstić information content (AvgIpc) is 2.26. The molecule has 0 spiro atoms. The predicted molar refractivity (Wildman–Crippen MR) is 56.4 cm³/mol. The highest BCUT2D eigenvalue weighted by molar-refractivity contribution is 5.47. The zero-order valence-corrected chi connectivity index (χ0v) is 9.26. The summed E-state index contributed by atoms with van der Waals surface area (Å²) >= 11 is 0. The Morgan fingerprint density at radius 2 is 1.94 bits per heavy atom. The van der Waals surface area contributed by atoms with Crippen molar-refractivity contribution in [3.8, 4) is 11.5 Å². The maximum Gasteiger partial charge on any atom is 0.352 e. The fourth-order valence-corrected chi connectivity index (χ4v) is 1.46. The first-order chi connectivity index (χ1) is 7.54. The minimum Gasteiger partial charge on any atom is -0.267 e. The van der Waals surface area contributed by atoms with Gasteiger partial charge in [-0.25, -0.2) is 14.5 Å². The lowest BCUT2D eigenvalue weighted by atomic mass is 10.4. The summed E-state index contributed by atoms with van der Waals surface area (Å²) < 4.78 is 2.44. The SMILES string of the molecule is CCn1nc(C)nc2c(=O)n(C)c(=O)nc1-2. The van der Waals surface area contributed by atoms with Crippen molar-refractivity contribution in [2.24, 2.45) is 7.05 Å². The average molecular weight is 221 g/mol. The van der Waals surface area contributed by atoms with E-state index < -0.39 is 11.2 Å². The molecule has 0 amide bonds. The Labute approximate surface area is 90.7 Å². The van der Waals surface area contributed by atoms with Crippen LogP contribution in [-0.2, 0) is 13.6 Å². The largest absolute Gasteiger partial charge is 0.352 e. The van der Waals surface area contributed by atoms with Crippen LogP contribution >= 0.6 is 0 Å². The van der Waals surface area contributed by atoms with Gasteiger partial charge in [0, 0.05) is 13.6 Å². The summed E-state index contributed by atoms with van der Waals surface area (Å²) in [6, 6.07) is 0. The van der Waals surface area contributed by atoms with Gasteiger partial charge in [-0.2, -0.15) is 10.1 Å². The molecule has 0 radical (unpaired) electrons. The van der Waals surface area contributed by atoms with E-state index in [9.17, 15) is 9.59 Å². The molecule has 0 atom stereocenters. The minimum absolute atomic E-state index is 0.177. The van der Waals surface area contributed by atoms with Crippen molar-refractivity contribution in [2.75, 3.05) is 0 Å². The van der Waals surface area contributed by atoms with Crippen molar-refractivity contribution in [3.05, 3.63) is 26.7 Å². The zero-order valence-electron chi connectivity index (χ0n) is 9.26. The van der Waals surface area contributed by atoms with Crippen LogP contribution in [0.4, 0.5) is 0 Å². The summed E-state index contributed by atoms with van der Waals surface area (Å²) in [6.07, 6.45) is 0. The van der Waals surface area contributed by atoms with Crippen LogP contribution in [0.15, 0.2) is 9.59 Å². The second-order valence-corrected chi connectivity index (χ2v) is 3.41. The van der Waals surface area contributed by atoms with Crippen molar-refractivity contribution in [2.45, 2.75) is 20.4 Å². The summed E-state index contributed by atoms with van der Waals surface area (Å²) in [5.41, 5.74) is -0.855. The molecular weight excluding hydrogens is 210 g/mol. The lowest BCUT2D eigenvalue weighted by Crippen LogP contribution is -2.37. The highest BCUT2D eigenvalue weighted by Gasteiger charge is 2.18. The first-order valence-corrected chi connectivity index (χ1v) is 4.87. The monoisotopic (exact) mass is 221 g/mol. The standard InChI is InChI=1S/C9H11N5O2/c1-4-14-7-6(10-5(2)12-14)8(15)13(3)9(16)11-7/h4H2,1-3H3. The molecule has 0 aromatic rings. The van der Waals surface area contributed by atoms with Gasteiger partial charge < -0.3 is 0 Å². The summed E-state index contributed by atoms with van der Waals surface area (Å²) in [6.45, 7) is 4.07. The Kier molecular flexibility index (Phi) is 2.30. The van der Waals surface area contributed by atoms with Crippen LogP contribution in [-0.4, -0.2) is 24.3 Å². The number of rotatable bonds is 1. The van der Waals surface area contributed by atoms with Gasteiger partial charge in [-0.3, -0.25) is 9.36 Å². The molecule has 0 fully saturated rings. The highest BCUT2D eigenvalue weighted by Crippen LogP contribution is 2.08. The van der Waals surface area contributed by atoms with Crippen LogP contribution in [0.2, 0.25) is 0 Å². The van der Waals surface area contributed by atoms with E-state index in [1.54, 1.807) is 6.92 Å². The topological polar surface area (TPSA) is 82.7 Å². The Morgan fingerprint density at radius 3 is 2.56 bits per heavy atom. The van der Waals surface area contributed by atoms with Crippen LogP contribution in [0.25, 0.3) is 11.5 Å². The Balaban J connectivity index is 2.99. The molecule has 2 aliphatic rings. The molecule has 0 saturated heterocycles. The second kappa shape index (κ2) is 3.51. The molecule has 0 unspecified atom stereocenters. The molecule has 7 nitrogen and oxygen atoms in total. The van der Waals surface area contributed by atoms with Crippen LogP contribution in [0.3, 0.4) is 0 Å². The van der Waals surface area contributed by atoms with Gasteiger partial charge in [-0.15, -0.1) is 0 Å². The molecule has 0 aliphatic carbocycles. The van der Waals surface area contributed by atoms with Crippen LogP contribution in [0, 0.1) is 6.92 Å². The normalized spacial score (nSPS) is 10.9. The van der Waals surface area contributed by atoms with E-state index in [1.807, 2.05) is 6.92 Å². The van der Waals surface area contributed by atoms with E-state index in [2.05, 4.69) is 15.1 Å². The molecule has 84 valence electrons. The summed E-state index contributed by atoms with van der Waals surface area (Å²) in [5.74, 6) is 0.716. The van der Waals surface area contributed by atoms with Crippen molar-refractivity contribution in [1.82, 2.24) is 24.3 Å². The third-order valence-electron chi connectivity index (χ3n) is 2.29. The molecule has 0 N–H and O–H groups in total. The first-order valence-electron chi connectivity index (χ1n) is 4.87. The molecule has 0 bridgehead atoms. The molecule has 2 rings (SSSR count). The molecule has 16 heavy (non-hydrogen) atoms. The molecule has 7 heteroatoms. The smallest absolute Gasteiger partial charge is 0.267 e. The molecule has 0 aromatic carbocycles. The first kappa shape index (κ1) is 10.5. The van der Waals surface area contributed by atoms with Gasteiger partial charge in [0.2, 0.25) is 0 Å². The van der Waals surface area contributed by atoms with Gasteiger partial charge in [-0.05, 0) is 13.8 Å². The Bertz CT molecular complexity index is 627. The maximum absolute atomic E-state index is 11.8. The van der Waals surface area contributed by atoms with E-state index in [0.717, 1.165) is 4.57 Å². The third kappa shape index (κ3) is 1.40. The molecule has 2 heterocycles. The molecule has 0 saturated carbocycles. The van der Waals surface area contributed by atoms with E-state index >= 15 is 0 Å². The number of aromatic nitrogens is 5. The predicted octanol–water partition coefficient (Wildman–Crippen LogP) is -0.835. The van der Waals surface area contributed by atoms with Crippen molar-refractivity contribution in [3.63, 3.8) is 0 Å². The number of hydrogen-bond acceptors (Lipinski definition) is 5. The van der Waals surface area contributed by atoms with E-state index in [4.69, 9.17) is 0 Å². The van der Waals surface area contributed by atoms with Gasteiger partial charge in [0.1, 0.15) is 5.82 Å². The van der Waals surface area contributed by atoms with Crippen molar-refractivity contribution in [1.29, 1.82) is 0 Å². The number of aryl methyl sites for hydroxylation is 2. The van der Waals surface area contributed by atoms with Gasteiger partial charge in [0.05, 0.1) is 0 Å². The van der Waals surface area contributed by atoms with E-state index in [1.165, 1.54) is 11.7 Å². The zero-order chi connectivity index (χ0) is 11.9. The maximum atomic E-state index is 11.8. The van der Waals surface area contributed by atoms with E-state index in [0.29, 0.717) is 12.4 Å². The molecular formula is C9H11N5O2.